The van der Waals surface area contributed by atoms with Crippen LogP contribution in [0.15, 0.2) is 70.5 Å². The number of thiophene rings is 1. The maximum absolute atomic E-state index is 12.5. The molecule has 2 aromatic carbocycles. The second-order valence-corrected chi connectivity index (χ2v) is 9.49. The molecule has 0 aliphatic carbocycles. The molecule has 3 aromatic rings. The summed E-state index contributed by atoms with van der Waals surface area (Å²) in [5.74, 6) is -0.159. The molecule has 164 valence electrons. The van der Waals surface area contributed by atoms with Gasteiger partial charge in [0, 0.05) is 47.6 Å². The average molecular weight is 529 g/mol. The van der Waals surface area contributed by atoms with Crippen LogP contribution in [-0.4, -0.2) is 48.0 Å². The highest BCUT2D eigenvalue weighted by atomic mass is 79.9. The second kappa shape index (κ2) is 10.2. The maximum Gasteiger partial charge on any atom is 0.264 e. The van der Waals surface area contributed by atoms with Gasteiger partial charge < -0.3 is 15.1 Å². The van der Waals surface area contributed by atoms with E-state index in [1.807, 2.05) is 52.7 Å². The highest BCUT2D eigenvalue weighted by Crippen LogP contribution is 2.21. The highest BCUT2D eigenvalue weighted by Gasteiger charge is 2.22. The molecule has 4 rings (SSSR count). The zero-order valence-corrected chi connectivity index (χ0v) is 20.3. The van der Waals surface area contributed by atoms with Crippen molar-refractivity contribution in [3.8, 4) is 0 Å². The Kier molecular flexibility index (Phi) is 7.19. The lowest BCUT2D eigenvalue weighted by molar-refractivity contribution is 0.0751. The summed E-state index contributed by atoms with van der Waals surface area (Å²) in [6, 6.07) is 18.8. The van der Waals surface area contributed by atoms with Gasteiger partial charge in [-0.1, -0.05) is 28.1 Å². The van der Waals surface area contributed by atoms with E-state index in [2.05, 4.69) is 31.5 Å². The lowest BCUT2D eigenvalue weighted by atomic mass is 10.2. The smallest absolute Gasteiger partial charge is 0.264 e. The third-order valence-electron chi connectivity index (χ3n) is 5.10. The number of hydrogen-bond donors (Lipinski definition) is 2. The molecular formula is C23H21BrN4O2S2. The standard InChI is InChI=1S/C23H21BrN4O2S2/c24-17-4-1-3-16(15-17)21(29)26-23(31)25-18-6-8-19(9-7-18)27-10-12-28(13-11-27)22(30)20-5-2-14-32-20/h1-9,14-15H,10-13H2,(H2,25,26,29,31). The van der Waals surface area contributed by atoms with Gasteiger partial charge in [0.1, 0.15) is 0 Å². The van der Waals surface area contributed by atoms with Crippen LogP contribution in [0.5, 0.6) is 0 Å². The summed E-state index contributed by atoms with van der Waals surface area (Å²) in [4.78, 5) is 29.8. The molecular weight excluding hydrogens is 508 g/mol. The third-order valence-corrected chi connectivity index (χ3v) is 6.66. The van der Waals surface area contributed by atoms with E-state index in [9.17, 15) is 9.59 Å². The van der Waals surface area contributed by atoms with Gasteiger partial charge in [-0.2, -0.15) is 0 Å². The number of amides is 2. The molecule has 0 saturated carbocycles. The number of halogens is 1. The van der Waals surface area contributed by atoms with Crippen molar-refractivity contribution in [1.29, 1.82) is 0 Å². The number of nitrogens with zero attached hydrogens (tertiary/aromatic N) is 2. The third kappa shape index (κ3) is 5.53. The number of nitrogens with one attached hydrogen (secondary N) is 2. The second-order valence-electron chi connectivity index (χ2n) is 7.22. The minimum absolute atomic E-state index is 0.109. The molecule has 9 heteroatoms. The SMILES string of the molecule is O=C(NC(=S)Nc1ccc(N2CCN(C(=O)c3cccs3)CC2)cc1)c1cccc(Br)c1. The van der Waals surface area contributed by atoms with Crippen LogP contribution in [-0.2, 0) is 0 Å². The number of piperazine rings is 1. The predicted molar refractivity (Wildman–Crippen MR) is 137 cm³/mol. The zero-order chi connectivity index (χ0) is 22.5. The Morgan fingerprint density at radius 3 is 2.38 bits per heavy atom. The number of carbonyl (C=O) groups excluding carboxylic acids is 2. The van der Waals surface area contributed by atoms with Crippen LogP contribution in [0, 0.1) is 0 Å². The van der Waals surface area contributed by atoms with Crippen LogP contribution >= 0.6 is 39.5 Å². The number of carbonyl (C=O) groups is 2. The number of rotatable bonds is 4. The fourth-order valence-corrected chi connectivity index (χ4v) is 4.75. The number of anilines is 2. The topological polar surface area (TPSA) is 64.7 Å². The van der Waals surface area contributed by atoms with Crippen LogP contribution in [0.2, 0.25) is 0 Å². The van der Waals surface area contributed by atoms with Gasteiger partial charge >= 0.3 is 0 Å². The quantitative estimate of drug-likeness (QED) is 0.484. The van der Waals surface area contributed by atoms with Gasteiger partial charge in [0.2, 0.25) is 0 Å². The van der Waals surface area contributed by atoms with Crippen molar-refractivity contribution in [2.45, 2.75) is 0 Å². The van der Waals surface area contributed by atoms with Gasteiger partial charge in [-0.05, 0) is 66.1 Å². The lowest BCUT2D eigenvalue weighted by Gasteiger charge is -2.36. The molecule has 1 aliphatic rings. The molecule has 1 aromatic heterocycles. The molecule has 1 aliphatic heterocycles. The van der Waals surface area contributed by atoms with Crippen LogP contribution in [0.3, 0.4) is 0 Å². The lowest BCUT2D eigenvalue weighted by Crippen LogP contribution is -2.48. The van der Waals surface area contributed by atoms with Gasteiger partial charge in [-0.15, -0.1) is 11.3 Å². The number of benzene rings is 2. The van der Waals surface area contributed by atoms with E-state index in [1.165, 1.54) is 11.3 Å². The van der Waals surface area contributed by atoms with Crippen molar-refractivity contribution >= 4 is 67.8 Å². The Bertz CT molecular complexity index is 1110. The molecule has 1 fully saturated rings. The summed E-state index contributed by atoms with van der Waals surface area (Å²) in [6.07, 6.45) is 0. The Hall–Kier alpha value is -2.75. The molecule has 1 saturated heterocycles. The van der Waals surface area contributed by atoms with E-state index in [0.29, 0.717) is 18.7 Å². The van der Waals surface area contributed by atoms with Crippen molar-refractivity contribution in [3.05, 3.63) is 81.0 Å². The van der Waals surface area contributed by atoms with Gasteiger partial charge in [0.15, 0.2) is 5.11 Å². The molecule has 0 spiro atoms. The van der Waals surface area contributed by atoms with Crippen molar-refractivity contribution in [3.63, 3.8) is 0 Å². The first-order valence-electron chi connectivity index (χ1n) is 10.1. The predicted octanol–water partition coefficient (Wildman–Crippen LogP) is 4.60. The van der Waals surface area contributed by atoms with Crippen molar-refractivity contribution in [1.82, 2.24) is 10.2 Å². The molecule has 2 N–H and O–H groups in total. The molecule has 0 bridgehead atoms. The molecule has 6 nitrogen and oxygen atoms in total. The van der Waals surface area contributed by atoms with E-state index in [4.69, 9.17) is 12.2 Å². The Labute approximate surface area is 204 Å². The Morgan fingerprint density at radius 1 is 0.969 bits per heavy atom. The van der Waals surface area contributed by atoms with E-state index >= 15 is 0 Å². The summed E-state index contributed by atoms with van der Waals surface area (Å²) in [5.41, 5.74) is 2.40. The largest absolute Gasteiger partial charge is 0.368 e. The summed E-state index contributed by atoms with van der Waals surface area (Å²) < 4.78 is 0.830. The fourth-order valence-electron chi connectivity index (χ4n) is 3.45. The summed E-state index contributed by atoms with van der Waals surface area (Å²) in [6.45, 7) is 2.96. The van der Waals surface area contributed by atoms with E-state index in [1.54, 1.807) is 18.2 Å². The van der Waals surface area contributed by atoms with Gasteiger partial charge in [0.25, 0.3) is 11.8 Å². The molecule has 0 unspecified atom stereocenters. The molecule has 32 heavy (non-hydrogen) atoms. The van der Waals surface area contributed by atoms with Gasteiger partial charge in [-0.25, -0.2) is 0 Å². The monoisotopic (exact) mass is 528 g/mol. The molecule has 0 radical (unpaired) electrons. The number of hydrogen-bond acceptors (Lipinski definition) is 5. The molecule has 0 atom stereocenters. The Morgan fingerprint density at radius 2 is 1.72 bits per heavy atom. The summed E-state index contributed by atoms with van der Waals surface area (Å²) >= 11 is 10.1. The summed E-state index contributed by atoms with van der Waals surface area (Å²) in [7, 11) is 0. The minimum atomic E-state index is -0.268. The van der Waals surface area contributed by atoms with Gasteiger partial charge in [0.05, 0.1) is 4.88 Å². The number of thiocarbonyl (C=S) groups is 1. The summed E-state index contributed by atoms with van der Waals surface area (Å²) in [5, 5.41) is 7.90. The van der Waals surface area contributed by atoms with Crippen molar-refractivity contribution in [2.24, 2.45) is 0 Å². The highest BCUT2D eigenvalue weighted by molar-refractivity contribution is 9.10. The van der Waals surface area contributed by atoms with Crippen molar-refractivity contribution in [2.75, 3.05) is 36.4 Å². The average Bonchev–Trinajstić information content (AvgIpc) is 3.34. The van der Waals surface area contributed by atoms with Crippen LogP contribution in [0.4, 0.5) is 11.4 Å². The fraction of sp³-hybridized carbons (Fsp3) is 0.174. The zero-order valence-electron chi connectivity index (χ0n) is 17.1. The normalized spacial score (nSPS) is 13.5. The van der Waals surface area contributed by atoms with E-state index < -0.39 is 0 Å². The van der Waals surface area contributed by atoms with E-state index in [-0.39, 0.29) is 16.9 Å². The van der Waals surface area contributed by atoms with Crippen LogP contribution in [0.1, 0.15) is 20.0 Å². The first-order chi connectivity index (χ1) is 15.5. The first kappa shape index (κ1) is 22.4. The molecule has 2 heterocycles. The van der Waals surface area contributed by atoms with Gasteiger partial charge in [-0.3, -0.25) is 14.9 Å². The van der Waals surface area contributed by atoms with Crippen LogP contribution < -0.4 is 15.5 Å². The Balaban J connectivity index is 1.28. The van der Waals surface area contributed by atoms with Crippen LogP contribution in [0.25, 0.3) is 0 Å². The molecule has 2 amide bonds. The van der Waals surface area contributed by atoms with Crippen molar-refractivity contribution < 1.29 is 9.59 Å². The van der Waals surface area contributed by atoms with E-state index in [0.717, 1.165) is 33.8 Å². The first-order valence-corrected chi connectivity index (χ1v) is 12.1. The maximum atomic E-state index is 12.5. The minimum Gasteiger partial charge on any atom is -0.368 e.